The summed E-state index contributed by atoms with van der Waals surface area (Å²) in [4.78, 5) is 23.2. The Kier molecular flexibility index (Phi) is 4.31. The van der Waals surface area contributed by atoms with E-state index in [0.29, 0.717) is 5.75 Å². The van der Waals surface area contributed by atoms with Crippen LogP contribution in [0.1, 0.15) is 77.0 Å². The summed E-state index contributed by atoms with van der Waals surface area (Å²) in [5, 5.41) is 9.18. The largest absolute Gasteiger partial charge is 0.481 e. The third-order valence-corrected chi connectivity index (χ3v) is 4.28. The van der Waals surface area contributed by atoms with E-state index in [2.05, 4.69) is 47.6 Å². The van der Waals surface area contributed by atoms with Crippen LogP contribution in [0.5, 0.6) is 5.75 Å². The van der Waals surface area contributed by atoms with E-state index in [1.807, 2.05) is 6.07 Å². The molecule has 0 bridgehead atoms. The number of ether oxygens (including phenoxy) is 1. The first-order valence-corrected chi connectivity index (χ1v) is 8.01. The Labute approximate surface area is 137 Å². The molecule has 1 aliphatic heterocycles. The van der Waals surface area contributed by atoms with E-state index >= 15 is 0 Å². The summed E-state index contributed by atoms with van der Waals surface area (Å²) < 4.78 is 5.54. The highest BCUT2D eigenvalue weighted by Gasteiger charge is 2.35. The third-order valence-electron chi connectivity index (χ3n) is 4.28. The molecule has 0 aromatic heterocycles. The summed E-state index contributed by atoms with van der Waals surface area (Å²) in [5.41, 5.74) is 2.68. The van der Waals surface area contributed by atoms with Gasteiger partial charge in [0.05, 0.1) is 12.8 Å². The molecule has 0 amide bonds. The zero-order valence-corrected chi connectivity index (χ0v) is 14.8. The number of carbonyl (C=O) groups is 2. The molecular weight excluding hydrogens is 292 g/mol. The molecule has 1 aliphatic rings. The van der Waals surface area contributed by atoms with Gasteiger partial charge >= 0.3 is 11.9 Å². The second-order valence-electron chi connectivity index (χ2n) is 8.42. The van der Waals surface area contributed by atoms with Gasteiger partial charge in [0.1, 0.15) is 5.75 Å². The van der Waals surface area contributed by atoms with Crippen LogP contribution in [0.3, 0.4) is 0 Å². The Morgan fingerprint density at radius 1 is 1.17 bits per heavy atom. The highest BCUT2D eigenvalue weighted by atomic mass is 16.5. The maximum absolute atomic E-state index is 12.0. The minimum absolute atomic E-state index is 0.0563. The summed E-state index contributed by atoms with van der Waals surface area (Å²) in [6.45, 7) is 12.6. The lowest BCUT2D eigenvalue weighted by Crippen LogP contribution is -2.27. The van der Waals surface area contributed by atoms with Crippen molar-refractivity contribution in [3.8, 4) is 5.75 Å². The predicted octanol–water partition coefficient (Wildman–Crippen LogP) is 4.15. The number of esters is 1. The molecule has 1 heterocycles. The molecule has 0 spiro atoms. The molecule has 0 saturated heterocycles. The molecule has 4 heteroatoms. The summed E-state index contributed by atoms with van der Waals surface area (Å²) in [6.07, 6.45) is 0.0652. The van der Waals surface area contributed by atoms with Crippen LogP contribution in [0.25, 0.3) is 0 Å². The van der Waals surface area contributed by atoms with Gasteiger partial charge in [-0.05, 0) is 22.0 Å². The average Bonchev–Trinajstić information content (AvgIpc) is 2.34. The molecule has 1 unspecified atom stereocenters. The SMILES string of the molecule is CC(C)(C)c1cc2c(c(C(C)(C)C)c1)OC(=O)CC2CC(=O)O. The van der Waals surface area contributed by atoms with Gasteiger partial charge in [0.15, 0.2) is 0 Å². The van der Waals surface area contributed by atoms with E-state index in [4.69, 9.17) is 4.74 Å². The molecule has 1 aromatic carbocycles. The molecule has 1 atom stereocenters. The van der Waals surface area contributed by atoms with Crippen molar-refractivity contribution < 1.29 is 19.4 Å². The first kappa shape index (κ1) is 17.5. The average molecular weight is 318 g/mol. The monoisotopic (exact) mass is 318 g/mol. The van der Waals surface area contributed by atoms with Crippen molar-refractivity contribution in [2.75, 3.05) is 0 Å². The lowest BCUT2D eigenvalue weighted by Gasteiger charge is -2.33. The van der Waals surface area contributed by atoms with E-state index in [9.17, 15) is 14.7 Å². The number of benzene rings is 1. The van der Waals surface area contributed by atoms with E-state index in [0.717, 1.165) is 16.7 Å². The lowest BCUT2D eigenvalue weighted by atomic mass is 9.76. The summed E-state index contributed by atoms with van der Waals surface area (Å²) in [7, 11) is 0. The molecule has 1 aromatic rings. The lowest BCUT2D eigenvalue weighted by molar-refractivity contribution is -0.139. The van der Waals surface area contributed by atoms with Gasteiger partial charge in [0.25, 0.3) is 0 Å². The minimum atomic E-state index is -0.894. The fraction of sp³-hybridized carbons (Fsp3) is 0.579. The van der Waals surface area contributed by atoms with Crippen molar-refractivity contribution in [1.82, 2.24) is 0 Å². The summed E-state index contributed by atoms with van der Waals surface area (Å²) in [6, 6.07) is 4.11. The highest BCUT2D eigenvalue weighted by Crippen LogP contribution is 2.45. The number of carbonyl (C=O) groups excluding carboxylic acids is 1. The predicted molar refractivity (Wildman–Crippen MR) is 89.1 cm³/mol. The van der Waals surface area contributed by atoms with Crippen LogP contribution in [0.4, 0.5) is 0 Å². The smallest absolute Gasteiger partial charge is 0.311 e. The molecule has 0 fully saturated rings. The summed E-state index contributed by atoms with van der Waals surface area (Å²) >= 11 is 0. The molecule has 4 nitrogen and oxygen atoms in total. The van der Waals surface area contributed by atoms with Crippen LogP contribution in [-0.2, 0) is 20.4 Å². The van der Waals surface area contributed by atoms with Gasteiger partial charge in [-0.3, -0.25) is 9.59 Å². The number of carboxylic acids is 1. The third kappa shape index (κ3) is 3.74. The van der Waals surface area contributed by atoms with Crippen LogP contribution in [0, 0.1) is 0 Å². The first-order chi connectivity index (χ1) is 10.4. The molecule has 0 radical (unpaired) electrons. The van der Waals surface area contributed by atoms with Crippen molar-refractivity contribution >= 4 is 11.9 Å². The van der Waals surface area contributed by atoms with Gasteiger partial charge in [-0.25, -0.2) is 0 Å². The highest BCUT2D eigenvalue weighted by molar-refractivity contribution is 5.80. The van der Waals surface area contributed by atoms with Gasteiger partial charge in [-0.2, -0.15) is 0 Å². The number of fused-ring (bicyclic) bond motifs is 1. The van der Waals surface area contributed by atoms with Crippen LogP contribution in [-0.4, -0.2) is 17.0 Å². The second-order valence-corrected chi connectivity index (χ2v) is 8.42. The second kappa shape index (κ2) is 5.66. The molecule has 0 aliphatic carbocycles. The zero-order chi connectivity index (χ0) is 17.6. The van der Waals surface area contributed by atoms with Crippen molar-refractivity contribution in [3.63, 3.8) is 0 Å². The van der Waals surface area contributed by atoms with Crippen molar-refractivity contribution in [1.29, 1.82) is 0 Å². The minimum Gasteiger partial charge on any atom is -0.481 e. The van der Waals surface area contributed by atoms with E-state index < -0.39 is 5.97 Å². The van der Waals surface area contributed by atoms with Crippen LogP contribution < -0.4 is 4.74 Å². The van der Waals surface area contributed by atoms with Gasteiger partial charge in [-0.1, -0.05) is 53.7 Å². The Morgan fingerprint density at radius 2 is 1.78 bits per heavy atom. The number of aliphatic carboxylic acids is 1. The molecule has 126 valence electrons. The normalized spacial score (nSPS) is 18.3. The Hall–Kier alpha value is -1.84. The summed E-state index contributed by atoms with van der Waals surface area (Å²) in [5.74, 6) is -1.01. The topological polar surface area (TPSA) is 63.6 Å². The number of hydrogen-bond donors (Lipinski definition) is 1. The zero-order valence-electron chi connectivity index (χ0n) is 14.8. The first-order valence-electron chi connectivity index (χ1n) is 8.01. The van der Waals surface area contributed by atoms with Crippen molar-refractivity contribution in [3.05, 3.63) is 28.8 Å². The Bertz CT molecular complexity index is 645. The molecule has 23 heavy (non-hydrogen) atoms. The maximum Gasteiger partial charge on any atom is 0.311 e. The number of rotatable bonds is 2. The van der Waals surface area contributed by atoms with E-state index in [1.54, 1.807) is 0 Å². The van der Waals surface area contributed by atoms with Crippen LogP contribution in [0.2, 0.25) is 0 Å². The molecule has 2 rings (SSSR count). The van der Waals surface area contributed by atoms with Crippen LogP contribution in [0.15, 0.2) is 12.1 Å². The van der Waals surface area contributed by atoms with Crippen LogP contribution >= 0.6 is 0 Å². The van der Waals surface area contributed by atoms with Gasteiger partial charge in [0, 0.05) is 11.5 Å². The maximum atomic E-state index is 12.0. The fourth-order valence-electron chi connectivity index (χ4n) is 2.92. The number of carboxylic acid groups (broad SMARTS) is 1. The van der Waals surface area contributed by atoms with Crippen molar-refractivity contribution in [2.45, 2.75) is 71.1 Å². The van der Waals surface area contributed by atoms with E-state index in [-0.39, 0.29) is 35.6 Å². The van der Waals surface area contributed by atoms with Gasteiger partial charge < -0.3 is 9.84 Å². The quantitative estimate of drug-likeness (QED) is 0.657. The molecule has 1 N–H and O–H groups in total. The Morgan fingerprint density at radius 3 is 2.26 bits per heavy atom. The molecule has 0 saturated carbocycles. The number of hydrogen-bond acceptors (Lipinski definition) is 3. The van der Waals surface area contributed by atoms with E-state index in [1.165, 1.54) is 0 Å². The fourth-order valence-corrected chi connectivity index (χ4v) is 2.92. The van der Waals surface area contributed by atoms with Gasteiger partial charge in [0.2, 0.25) is 0 Å². The van der Waals surface area contributed by atoms with Gasteiger partial charge in [-0.15, -0.1) is 0 Å². The Balaban J connectivity index is 2.71. The van der Waals surface area contributed by atoms with Crippen molar-refractivity contribution in [2.24, 2.45) is 0 Å². The molecular formula is C19H26O4. The standard InChI is InChI=1S/C19H26O4/c1-18(2,3)12-9-13-11(7-15(20)21)8-16(22)23-17(13)14(10-12)19(4,5)6/h9-11H,7-8H2,1-6H3,(H,20,21).